The molecule has 0 aliphatic carbocycles. The zero-order valence-electron chi connectivity index (χ0n) is 28.5. The van der Waals surface area contributed by atoms with Gasteiger partial charge >= 0.3 is 0 Å². The third kappa shape index (κ3) is 8.27. The summed E-state index contributed by atoms with van der Waals surface area (Å²) in [6.45, 7) is 4.91. The first-order valence-electron chi connectivity index (χ1n) is 16.4. The van der Waals surface area contributed by atoms with Gasteiger partial charge in [0.05, 0.1) is 30.9 Å². The molecular formula is C38H38F2N4O7. The van der Waals surface area contributed by atoms with Crippen molar-refractivity contribution in [3.63, 3.8) is 0 Å². The molecule has 2 aliphatic rings. The molecule has 0 saturated carbocycles. The Kier molecular flexibility index (Phi) is 11.1. The van der Waals surface area contributed by atoms with E-state index in [0.29, 0.717) is 71.2 Å². The molecule has 2 fully saturated rings. The van der Waals surface area contributed by atoms with Gasteiger partial charge in [-0.25, -0.2) is 8.78 Å². The molecule has 0 radical (unpaired) electrons. The summed E-state index contributed by atoms with van der Waals surface area (Å²) >= 11 is 0. The Hall–Kier alpha value is -5.53. The van der Waals surface area contributed by atoms with Gasteiger partial charge in [-0.15, -0.1) is 0 Å². The highest BCUT2D eigenvalue weighted by atomic mass is 19.1. The lowest BCUT2D eigenvalue weighted by Gasteiger charge is -2.17. The second kappa shape index (κ2) is 16.0. The number of pyridine rings is 1. The minimum atomic E-state index is -0.703. The SMILES string of the molecule is COc1cc2c(Oc3ccc(NC(=O)/C(C)=C4\OCC\C4=C\N(C=O)c4ccc(F)cc4)cc3F)ccnc2cc1OCCN1CCC(OC)C1. The fourth-order valence-corrected chi connectivity index (χ4v) is 5.96. The number of carbonyl (C=O) groups is 2. The van der Waals surface area contributed by atoms with Gasteiger partial charge in [0, 0.05) is 80.0 Å². The van der Waals surface area contributed by atoms with Crippen molar-refractivity contribution in [3.05, 3.63) is 102 Å². The molecule has 1 atom stereocenters. The Labute approximate surface area is 294 Å². The molecule has 2 aliphatic heterocycles. The lowest BCUT2D eigenvalue weighted by Crippen LogP contribution is -2.27. The lowest BCUT2D eigenvalue weighted by atomic mass is 10.1. The number of benzene rings is 3. The van der Waals surface area contributed by atoms with Crippen LogP contribution in [0.25, 0.3) is 10.9 Å². The average molecular weight is 701 g/mol. The Morgan fingerprint density at radius 1 is 1.06 bits per heavy atom. The molecule has 3 heterocycles. The van der Waals surface area contributed by atoms with E-state index in [4.69, 9.17) is 23.7 Å². The number of nitrogens with one attached hydrogen (secondary N) is 1. The standard InChI is InChI=1S/C38H38F2N4O7/c1-24(37-25(12-16-50-37)21-44(23-45)28-7-4-26(39)5-8-28)38(46)42-27-6-9-34(31(40)18-27)51-33-10-13-41-32-20-36(35(48-3)19-30(32)33)49-17-15-43-14-11-29(22-43)47-2/h4-10,13,18-21,23,29H,11-12,14-17,22H2,1-3H3,(H,42,46)/b25-21-,37-24-. The maximum Gasteiger partial charge on any atom is 0.255 e. The minimum absolute atomic E-state index is 0.0612. The number of rotatable bonds is 13. The van der Waals surface area contributed by atoms with E-state index in [9.17, 15) is 14.0 Å². The second-order valence-corrected chi connectivity index (χ2v) is 12.0. The first-order valence-corrected chi connectivity index (χ1v) is 16.4. The van der Waals surface area contributed by atoms with Crippen molar-refractivity contribution in [3.8, 4) is 23.0 Å². The number of hydrogen-bond acceptors (Lipinski definition) is 9. The summed E-state index contributed by atoms with van der Waals surface area (Å²) in [5.41, 5.74) is 2.07. The number of ether oxygens (including phenoxy) is 5. The first-order chi connectivity index (χ1) is 24.8. The van der Waals surface area contributed by atoms with Crippen LogP contribution in [0.5, 0.6) is 23.0 Å². The summed E-state index contributed by atoms with van der Waals surface area (Å²) in [5.74, 6) is -0.0299. The average Bonchev–Trinajstić information content (AvgIpc) is 3.81. The molecule has 11 nitrogen and oxygen atoms in total. The van der Waals surface area contributed by atoms with E-state index in [1.165, 1.54) is 41.3 Å². The van der Waals surface area contributed by atoms with Gasteiger partial charge in [0.25, 0.3) is 5.91 Å². The predicted octanol–water partition coefficient (Wildman–Crippen LogP) is 6.59. The normalized spacial score (nSPS) is 17.7. The number of allylic oxidation sites excluding steroid dienone is 1. The van der Waals surface area contributed by atoms with Crippen LogP contribution in [-0.4, -0.2) is 75.4 Å². The fourth-order valence-electron chi connectivity index (χ4n) is 5.96. The van der Waals surface area contributed by atoms with Crippen LogP contribution < -0.4 is 24.4 Å². The summed E-state index contributed by atoms with van der Waals surface area (Å²) < 4.78 is 57.6. The highest BCUT2D eigenvalue weighted by molar-refractivity contribution is 6.04. The van der Waals surface area contributed by atoms with Crippen LogP contribution in [-0.2, 0) is 19.1 Å². The van der Waals surface area contributed by atoms with E-state index in [-0.39, 0.29) is 23.1 Å². The predicted molar refractivity (Wildman–Crippen MR) is 187 cm³/mol. The van der Waals surface area contributed by atoms with Gasteiger partial charge in [-0.1, -0.05) is 0 Å². The molecule has 2 amide bonds. The summed E-state index contributed by atoms with van der Waals surface area (Å²) in [6, 6.07) is 14.7. The molecule has 1 N–H and O–H groups in total. The van der Waals surface area contributed by atoms with Crippen LogP contribution in [0.2, 0.25) is 0 Å². The Morgan fingerprint density at radius 2 is 1.88 bits per heavy atom. The highest BCUT2D eigenvalue weighted by Gasteiger charge is 2.24. The molecule has 3 aromatic carbocycles. The maximum atomic E-state index is 15.4. The number of anilines is 2. The minimum Gasteiger partial charge on any atom is -0.493 e. The van der Waals surface area contributed by atoms with E-state index < -0.39 is 17.5 Å². The van der Waals surface area contributed by atoms with E-state index in [2.05, 4.69) is 15.2 Å². The Morgan fingerprint density at radius 3 is 2.61 bits per heavy atom. The number of nitrogens with zero attached hydrogens (tertiary/aromatic N) is 3. The molecule has 0 spiro atoms. The van der Waals surface area contributed by atoms with E-state index >= 15 is 4.39 Å². The molecule has 4 aromatic rings. The van der Waals surface area contributed by atoms with Crippen LogP contribution in [0.4, 0.5) is 20.2 Å². The molecular weight excluding hydrogens is 662 g/mol. The molecule has 51 heavy (non-hydrogen) atoms. The van der Waals surface area contributed by atoms with Gasteiger partial charge in [-0.05, 0) is 61.9 Å². The molecule has 6 rings (SSSR count). The summed E-state index contributed by atoms with van der Waals surface area (Å²) in [4.78, 5) is 33.0. The van der Waals surface area contributed by atoms with E-state index in [0.717, 1.165) is 32.1 Å². The molecule has 13 heteroatoms. The summed E-state index contributed by atoms with van der Waals surface area (Å²) in [7, 11) is 3.27. The quantitative estimate of drug-likeness (QED) is 0.122. The van der Waals surface area contributed by atoms with Crippen molar-refractivity contribution in [2.75, 3.05) is 57.3 Å². The number of carbonyl (C=O) groups excluding carboxylic acids is 2. The van der Waals surface area contributed by atoms with Crippen LogP contribution in [0.15, 0.2) is 90.0 Å². The largest absolute Gasteiger partial charge is 0.493 e. The topological polar surface area (TPSA) is 112 Å². The second-order valence-electron chi connectivity index (χ2n) is 12.0. The van der Waals surface area contributed by atoms with Crippen molar-refractivity contribution in [1.82, 2.24) is 9.88 Å². The van der Waals surface area contributed by atoms with Gasteiger partial charge in [0.1, 0.15) is 23.9 Å². The number of methoxy groups -OCH3 is 2. The van der Waals surface area contributed by atoms with E-state index in [1.807, 2.05) is 0 Å². The monoisotopic (exact) mass is 700 g/mol. The van der Waals surface area contributed by atoms with E-state index in [1.54, 1.807) is 51.7 Å². The van der Waals surface area contributed by atoms with Crippen LogP contribution in [0.1, 0.15) is 19.8 Å². The van der Waals surface area contributed by atoms with Crippen molar-refractivity contribution in [1.29, 1.82) is 0 Å². The van der Waals surface area contributed by atoms with Gasteiger partial charge in [-0.2, -0.15) is 0 Å². The van der Waals surface area contributed by atoms with Gasteiger partial charge < -0.3 is 29.0 Å². The number of likely N-dealkylation sites (tertiary alicyclic amines) is 1. The summed E-state index contributed by atoms with van der Waals surface area (Å²) in [6.07, 6.45) is 5.39. The highest BCUT2D eigenvalue weighted by Crippen LogP contribution is 2.38. The number of aromatic nitrogens is 1. The number of fused-ring (bicyclic) bond motifs is 1. The zero-order valence-corrected chi connectivity index (χ0v) is 28.5. The first kappa shape index (κ1) is 35.3. The third-order valence-electron chi connectivity index (χ3n) is 8.75. The lowest BCUT2D eigenvalue weighted by molar-refractivity contribution is -0.113. The summed E-state index contributed by atoms with van der Waals surface area (Å²) in [5, 5.41) is 3.29. The molecule has 2 saturated heterocycles. The fraction of sp³-hybridized carbons (Fsp3) is 0.289. The van der Waals surface area contributed by atoms with Gasteiger partial charge in [-0.3, -0.25) is 24.4 Å². The maximum absolute atomic E-state index is 15.4. The Balaban J connectivity index is 1.13. The van der Waals surface area contributed by atoms with Crippen LogP contribution in [0.3, 0.4) is 0 Å². The van der Waals surface area contributed by atoms with Gasteiger partial charge in [0.2, 0.25) is 6.41 Å². The Bertz CT molecular complexity index is 1970. The molecule has 0 bridgehead atoms. The van der Waals surface area contributed by atoms with Crippen molar-refractivity contribution < 1.29 is 42.1 Å². The molecule has 1 unspecified atom stereocenters. The third-order valence-corrected chi connectivity index (χ3v) is 8.75. The molecule has 266 valence electrons. The van der Waals surface area contributed by atoms with Crippen molar-refractivity contribution in [2.24, 2.45) is 0 Å². The van der Waals surface area contributed by atoms with Crippen LogP contribution in [0, 0.1) is 11.6 Å². The number of amides is 2. The smallest absolute Gasteiger partial charge is 0.255 e. The van der Waals surface area contributed by atoms with Gasteiger partial charge in [0.15, 0.2) is 23.1 Å². The zero-order chi connectivity index (χ0) is 35.9. The van der Waals surface area contributed by atoms with Crippen LogP contribution >= 0.6 is 0 Å². The number of hydrogen-bond donors (Lipinski definition) is 1. The molecule has 1 aromatic heterocycles. The van der Waals surface area contributed by atoms with Crippen molar-refractivity contribution in [2.45, 2.75) is 25.9 Å². The van der Waals surface area contributed by atoms with Crippen molar-refractivity contribution >= 4 is 34.6 Å². The number of halogens is 2.